The van der Waals surface area contributed by atoms with Gasteiger partial charge in [0.25, 0.3) is 0 Å². The number of amides is 2. The summed E-state index contributed by atoms with van der Waals surface area (Å²) < 4.78 is 0. The van der Waals surface area contributed by atoms with E-state index in [1.807, 2.05) is 30.3 Å². The number of rotatable bonds is 8. The molecule has 19 heavy (non-hydrogen) atoms. The van der Waals surface area contributed by atoms with Crippen molar-refractivity contribution in [2.75, 3.05) is 13.1 Å². The second kappa shape index (κ2) is 9.14. The zero-order valence-electron chi connectivity index (χ0n) is 11.4. The van der Waals surface area contributed by atoms with E-state index < -0.39 is 0 Å². The molecule has 0 spiro atoms. The van der Waals surface area contributed by atoms with Crippen LogP contribution in [0.3, 0.4) is 0 Å². The van der Waals surface area contributed by atoms with Crippen LogP contribution in [-0.4, -0.2) is 24.9 Å². The lowest BCUT2D eigenvalue weighted by atomic mass is 10.1. The third kappa shape index (κ3) is 7.24. The summed E-state index contributed by atoms with van der Waals surface area (Å²) in [6.07, 6.45) is 2.75. The molecule has 4 nitrogen and oxygen atoms in total. The lowest BCUT2D eigenvalue weighted by Crippen LogP contribution is -2.31. The first-order valence-electron chi connectivity index (χ1n) is 6.79. The fourth-order valence-corrected chi connectivity index (χ4v) is 1.65. The normalized spacial score (nSPS) is 9.95. The summed E-state index contributed by atoms with van der Waals surface area (Å²) in [5.74, 6) is -0.0546. The van der Waals surface area contributed by atoms with Gasteiger partial charge in [-0.25, -0.2) is 0 Å². The van der Waals surface area contributed by atoms with Crippen LogP contribution in [0.2, 0.25) is 0 Å². The van der Waals surface area contributed by atoms with Crippen LogP contribution in [-0.2, 0) is 16.0 Å². The lowest BCUT2D eigenvalue weighted by molar-refractivity contribution is -0.122. The SMILES string of the molecule is CCCCNC(=O)CCNC(=O)Cc1ccccc1. The predicted molar refractivity (Wildman–Crippen MR) is 75.7 cm³/mol. The quantitative estimate of drug-likeness (QED) is 0.700. The number of hydrogen-bond acceptors (Lipinski definition) is 2. The standard InChI is InChI=1S/C15H22N2O2/c1-2-3-10-16-14(18)9-11-17-15(19)12-13-7-5-4-6-8-13/h4-8H,2-3,9-12H2,1H3,(H,16,18)(H,17,19). The molecular weight excluding hydrogens is 240 g/mol. The fourth-order valence-electron chi connectivity index (χ4n) is 1.65. The van der Waals surface area contributed by atoms with Crippen LogP contribution in [0.1, 0.15) is 31.7 Å². The van der Waals surface area contributed by atoms with Crippen molar-refractivity contribution in [2.24, 2.45) is 0 Å². The van der Waals surface area contributed by atoms with Gasteiger partial charge in [0.05, 0.1) is 6.42 Å². The Morgan fingerprint density at radius 1 is 1.00 bits per heavy atom. The molecule has 2 amide bonds. The highest BCUT2D eigenvalue weighted by molar-refractivity contribution is 5.80. The lowest BCUT2D eigenvalue weighted by Gasteiger charge is -2.06. The van der Waals surface area contributed by atoms with Gasteiger partial charge in [-0.3, -0.25) is 9.59 Å². The van der Waals surface area contributed by atoms with E-state index >= 15 is 0 Å². The molecule has 0 fully saturated rings. The molecule has 0 atom stereocenters. The van der Waals surface area contributed by atoms with E-state index in [-0.39, 0.29) is 11.8 Å². The molecule has 0 heterocycles. The van der Waals surface area contributed by atoms with Gasteiger partial charge in [0.15, 0.2) is 0 Å². The van der Waals surface area contributed by atoms with E-state index in [2.05, 4.69) is 17.6 Å². The molecule has 1 rings (SSSR count). The molecule has 1 aromatic carbocycles. The second-order valence-corrected chi connectivity index (χ2v) is 4.47. The van der Waals surface area contributed by atoms with Crippen molar-refractivity contribution in [1.82, 2.24) is 10.6 Å². The Morgan fingerprint density at radius 3 is 2.37 bits per heavy atom. The molecule has 0 aliphatic heterocycles. The molecule has 1 aromatic rings. The van der Waals surface area contributed by atoms with Crippen molar-refractivity contribution in [2.45, 2.75) is 32.6 Å². The topological polar surface area (TPSA) is 58.2 Å². The summed E-state index contributed by atoms with van der Waals surface area (Å²) in [6, 6.07) is 9.56. The molecule has 104 valence electrons. The summed E-state index contributed by atoms with van der Waals surface area (Å²) >= 11 is 0. The number of nitrogens with one attached hydrogen (secondary N) is 2. The molecule has 0 saturated carbocycles. The van der Waals surface area contributed by atoms with Gasteiger partial charge in [-0.2, -0.15) is 0 Å². The average molecular weight is 262 g/mol. The predicted octanol–water partition coefficient (Wildman–Crippen LogP) is 1.65. The largest absolute Gasteiger partial charge is 0.356 e. The first-order chi connectivity index (χ1) is 9.22. The zero-order chi connectivity index (χ0) is 13.9. The number of hydrogen-bond donors (Lipinski definition) is 2. The minimum Gasteiger partial charge on any atom is -0.356 e. The van der Waals surface area contributed by atoms with Crippen LogP contribution in [0.5, 0.6) is 0 Å². The van der Waals surface area contributed by atoms with E-state index in [1.165, 1.54) is 0 Å². The van der Waals surface area contributed by atoms with Gasteiger partial charge >= 0.3 is 0 Å². The fraction of sp³-hybridized carbons (Fsp3) is 0.467. The summed E-state index contributed by atoms with van der Waals surface area (Å²) in [5, 5.41) is 5.57. The maximum Gasteiger partial charge on any atom is 0.224 e. The van der Waals surface area contributed by atoms with Crippen molar-refractivity contribution >= 4 is 11.8 Å². The Labute approximate surface area is 114 Å². The third-order valence-electron chi connectivity index (χ3n) is 2.73. The Hall–Kier alpha value is -1.84. The molecule has 4 heteroatoms. The van der Waals surface area contributed by atoms with Crippen molar-refractivity contribution in [1.29, 1.82) is 0 Å². The molecule has 0 aliphatic rings. The van der Waals surface area contributed by atoms with Crippen molar-refractivity contribution in [3.8, 4) is 0 Å². The Balaban J connectivity index is 2.12. The molecule has 0 saturated heterocycles. The summed E-state index contributed by atoms with van der Waals surface area (Å²) in [7, 11) is 0. The third-order valence-corrected chi connectivity index (χ3v) is 2.73. The number of unbranched alkanes of at least 4 members (excludes halogenated alkanes) is 1. The zero-order valence-corrected chi connectivity index (χ0v) is 11.4. The maximum atomic E-state index is 11.6. The number of benzene rings is 1. The number of carbonyl (C=O) groups is 2. The molecule has 0 unspecified atom stereocenters. The van der Waals surface area contributed by atoms with E-state index in [0.717, 1.165) is 18.4 Å². The molecule has 2 N–H and O–H groups in total. The summed E-state index contributed by atoms with van der Waals surface area (Å²) in [4.78, 5) is 23.0. The average Bonchev–Trinajstić information content (AvgIpc) is 2.40. The second-order valence-electron chi connectivity index (χ2n) is 4.47. The molecular formula is C15H22N2O2. The van der Waals surface area contributed by atoms with Crippen molar-refractivity contribution in [3.05, 3.63) is 35.9 Å². The maximum absolute atomic E-state index is 11.6. The molecule has 0 aromatic heterocycles. The Bertz CT molecular complexity index is 390. The van der Waals surface area contributed by atoms with Crippen LogP contribution in [0.25, 0.3) is 0 Å². The molecule has 0 aliphatic carbocycles. The van der Waals surface area contributed by atoms with Crippen LogP contribution in [0.4, 0.5) is 0 Å². The van der Waals surface area contributed by atoms with Crippen molar-refractivity contribution < 1.29 is 9.59 Å². The van der Waals surface area contributed by atoms with Crippen LogP contribution < -0.4 is 10.6 Å². The highest BCUT2D eigenvalue weighted by atomic mass is 16.2. The van der Waals surface area contributed by atoms with E-state index in [0.29, 0.717) is 25.9 Å². The van der Waals surface area contributed by atoms with Crippen molar-refractivity contribution in [3.63, 3.8) is 0 Å². The van der Waals surface area contributed by atoms with Gasteiger partial charge in [-0.05, 0) is 12.0 Å². The van der Waals surface area contributed by atoms with Crippen LogP contribution >= 0.6 is 0 Å². The Morgan fingerprint density at radius 2 is 1.68 bits per heavy atom. The van der Waals surface area contributed by atoms with E-state index in [4.69, 9.17) is 0 Å². The van der Waals surface area contributed by atoms with Gasteiger partial charge in [0.2, 0.25) is 11.8 Å². The van der Waals surface area contributed by atoms with Crippen LogP contribution in [0, 0.1) is 0 Å². The van der Waals surface area contributed by atoms with Gasteiger partial charge in [0.1, 0.15) is 0 Å². The first-order valence-corrected chi connectivity index (χ1v) is 6.79. The monoisotopic (exact) mass is 262 g/mol. The highest BCUT2D eigenvalue weighted by Gasteiger charge is 2.04. The highest BCUT2D eigenvalue weighted by Crippen LogP contribution is 1.98. The van der Waals surface area contributed by atoms with Gasteiger partial charge in [0, 0.05) is 19.5 Å². The first kappa shape index (κ1) is 15.2. The van der Waals surface area contributed by atoms with Gasteiger partial charge in [-0.15, -0.1) is 0 Å². The van der Waals surface area contributed by atoms with Gasteiger partial charge in [-0.1, -0.05) is 43.7 Å². The molecule has 0 radical (unpaired) electrons. The summed E-state index contributed by atoms with van der Waals surface area (Å²) in [6.45, 7) is 3.19. The molecule has 0 bridgehead atoms. The van der Waals surface area contributed by atoms with E-state index in [1.54, 1.807) is 0 Å². The number of carbonyl (C=O) groups excluding carboxylic acids is 2. The minimum atomic E-state index is -0.0486. The summed E-state index contributed by atoms with van der Waals surface area (Å²) in [5.41, 5.74) is 0.979. The Kier molecular flexibility index (Phi) is 7.32. The minimum absolute atomic E-state index is 0.00605. The van der Waals surface area contributed by atoms with Crippen LogP contribution in [0.15, 0.2) is 30.3 Å². The smallest absolute Gasteiger partial charge is 0.224 e. The van der Waals surface area contributed by atoms with Gasteiger partial charge < -0.3 is 10.6 Å². The van der Waals surface area contributed by atoms with E-state index in [9.17, 15) is 9.59 Å².